The molecular weight excluding hydrogens is 442 g/mol. The van der Waals surface area contributed by atoms with Gasteiger partial charge in [0.15, 0.2) is 0 Å². The monoisotopic (exact) mass is 473 g/mol. The Balaban J connectivity index is 1.79. The van der Waals surface area contributed by atoms with Crippen molar-refractivity contribution in [1.29, 1.82) is 0 Å². The molecular formula is C24H32BrN3O2. The maximum atomic E-state index is 13.5. The Morgan fingerprint density at radius 3 is 2.63 bits per heavy atom. The summed E-state index contributed by atoms with van der Waals surface area (Å²) < 4.78 is 6.53. The molecule has 3 rings (SSSR count). The minimum absolute atomic E-state index is 0.0765. The van der Waals surface area contributed by atoms with Crippen molar-refractivity contribution in [2.24, 2.45) is 5.92 Å². The maximum Gasteiger partial charge on any atom is 0.230 e. The van der Waals surface area contributed by atoms with Crippen LogP contribution in [0.15, 0.2) is 53.0 Å². The highest BCUT2D eigenvalue weighted by Crippen LogP contribution is 2.29. The van der Waals surface area contributed by atoms with Crippen molar-refractivity contribution in [3.8, 4) is 0 Å². The van der Waals surface area contributed by atoms with E-state index in [0.29, 0.717) is 26.3 Å². The van der Waals surface area contributed by atoms with E-state index in [4.69, 9.17) is 4.74 Å². The number of piperidine rings is 1. The Morgan fingerprint density at radius 2 is 1.90 bits per heavy atom. The zero-order valence-electron chi connectivity index (χ0n) is 17.7. The van der Waals surface area contributed by atoms with Crippen molar-refractivity contribution in [2.45, 2.75) is 26.2 Å². The molecule has 1 heterocycles. The lowest BCUT2D eigenvalue weighted by Crippen LogP contribution is -2.42. The van der Waals surface area contributed by atoms with Crippen LogP contribution in [0, 0.1) is 5.92 Å². The number of rotatable bonds is 10. The first-order valence-electron chi connectivity index (χ1n) is 10.9. The van der Waals surface area contributed by atoms with Gasteiger partial charge in [-0.3, -0.25) is 4.79 Å². The molecule has 1 aliphatic rings. The standard InChI is InChI=1S/C24H32BrN3O2/c1-2-30-18-16-27-22-5-3-4-6-23(22)28(24(29)20-11-14-26-15-12-20)17-13-19-7-9-21(25)10-8-19/h3-10,20,26-27H,2,11-18H2,1H3. The lowest BCUT2D eigenvalue weighted by molar-refractivity contribution is -0.123. The molecule has 0 atom stereocenters. The van der Waals surface area contributed by atoms with Gasteiger partial charge < -0.3 is 20.3 Å². The van der Waals surface area contributed by atoms with Gasteiger partial charge in [0.1, 0.15) is 0 Å². The Bertz CT molecular complexity index is 791. The van der Waals surface area contributed by atoms with E-state index in [1.165, 1.54) is 5.56 Å². The van der Waals surface area contributed by atoms with Crippen LogP contribution in [-0.2, 0) is 16.0 Å². The fourth-order valence-electron chi connectivity index (χ4n) is 3.79. The lowest BCUT2D eigenvalue weighted by Gasteiger charge is -2.31. The van der Waals surface area contributed by atoms with Crippen molar-refractivity contribution in [2.75, 3.05) is 49.6 Å². The van der Waals surface area contributed by atoms with E-state index >= 15 is 0 Å². The number of hydrogen-bond donors (Lipinski definition) is 2. The number of halogens is 1. The molecule has 0 aromatic heterocycles. The second kappa shape index (κ2) is 12.1. The first-order valence-corrected chi connectivity index (χ1v) is 11.7. The van der Waals surface area contributed by atoms with Crippen LogP contribution in [-0.4, -0.2) is 45.3 Å². The Kier molecular flexibility index (Phi) is 9.18. The minimum atomic E-state index is 0.0765. The summed E-state index contributed by atoms with van der Waals surface area (Å²) in [5.41, 5.74) is 3.16. The normalized spacial score (nSPS) is 14.5. The molecule has 0 saturated carbocycles. The highest BCUT2D eigenvalue weighted by Gasteiger charge is 2.28. The van der Waals surface area contributed by atoms with Gasteiger partial charge in [-0.15, -0.1) is 0 Å². The van der Waals surface area contributed by atoms with Crippen molar-refractivity contribution in [3.05, 3.63) is 58.6 Å². The Hall–Kier alpha value is -1.89. The van der Waals surface area contributed by atoms with Crippen LogP contribution in [0.2, 0.25) is 0 Å². The number of para-hydroxylation sites is 2. The summed E-state index contributed by atoms with van der Waals surface area (Å²) in [6.45, 7) is 6.54. The van der Waals surface area contributed by atoms with Gasteiger partial charge in [-0.25, -0.2) is 0 Å². The quantitative estimate of drug-likeness (QED) is 0.499. The van der Waals surface area contributed by atoms with Crippen molar-refractivity contribution < 1.29 is 9.53 Å². The van der Waals surface area contributed by atoms with Crippen LogP contribution in [0.25, 0.3) is 0 Å². The van der Waals surface area contributed by atoms with E-state index < -0.39 is 0 Å². The van der Waals surface area contributed by atoms with E-state index in [-0.39, 0.29) is 11.8 Å². The number of carbonyl (C=O) groups excluding carboxylic acids is 1. The van der Waals surface area contributed by atoms with Crippen LogP contribution in [0.3, 0.4) is 0 Å². The van der Waals surface area contributed by atoms with Crippen molar-refractivity contribution in [1.82, 2.24) is 5.32 Å². The van der Waals surface area contributed by atoms with Gasteiger partial charge in [0.05, 0.1) is 18.0 Å². The smallest absolute Gasteiger partial charge is 0.230 e. The summed E-state index contributed by atoms with van der Waals surface area (Å²) in [6.07, 6.45) is 2.61. The van der Waals surface area contributed by atoms with Gasteiger partial charge in [-0.1, -0.05) is 40.2 Å². The molecule has 1 fully saturated rings. The lowest BCUT2D eigenvalue weighted by atomic mass is 9.96. The molecule has 1 amide bonds. The van der Waals surface area contributed by atoms with Crippen LogP contribution >= 0.6 is 15.9 Å². The van der Waals surface area contributed by atoms with Gasteiger partial charge in [-0.05, 0) is 69.1 Å². The third kappa shape index (κ3) is 6.56. The predicted molar refractivity (Wildman–Crippen MR) is 127 cm³/mol. The fraction of sp³-hybridized carbons (Fsp3) is 0.458. The van der Waals surface area contributed by atoms with Crippen LogP contribution < -0.4 is 15.5 Å². The molecule has 0 spiro atoms. The van der Waals surface area contributed by atoms with E-state index in [2.05, 4.69) is 50.8 Å². The maximum absolute atomic E-state index is 13.5. The Labute approximate surface area is 188 Å². The van der Waals surface area contributed by atoms with Crippen LogP contribution in [0.1, 0.15) is 25.3 Å². The van der Waals surface area contributed by atoms with Gasteiger partial charge in [0, 0.05) is 30.1 Å². The Morgan fingerprint density at radius 1 is 1.17 bits per heavy atom. The number of ether oxygens (including phenoxy) is 1. The molecule has 6 heteroatoms. The molecule has 1 saturated heterocycles. The number of anilines is 2. The second-order valence-electron chi connectivity index (χ2n) is 7.53. The fourth-order valence-corrected chi connectivity index (χ4v) is 4.06. The molecule has 2 aromatic rings. The number of benzene rings is 2. The predicted octanol–water partition coefficient (Wildman–Crippen LogP) is 4.47. The van der Waals surface area contributed by atoms with Crippen LogP contribution in [0.4, 0.5) is 11.4 Å². The highest BCUT2D eigenvalue weighted by molar-refractivity contribution is 9.10. The van der Waals surface area contributed by atoms with E-state index in [1.807, 2.05) is 36.1 Å². The minimum Gasteiger partial charge on any atom is -0.381 e. The molecule has 0 radical (unpaired) electrons. The summed E-state index contributed by atoms with van der Waals surface area (Å²) >= 11 is 3.49. The second-order valence-corrected chi connectivity index (χ2v) is 8.45. The van der Waals surface area contributed by atoms with Gasteiger partial charge in [0.2, 0.25) is 5.91 Å². The van der Waals surface area contributed by atoms with Gasteiger partial charge >= 0.3 is 0 Å². The first kappa shape index (κ1) is 22.8. The van der Waals surface area contributed by atoms with Crippen LogP contribution in [0.5, 0.6) is 0 Å². The summed E-state index contributed by atoms with van der Waals surface area (Å²) in [5.74, 6) is 0.306. The topological polar surface area (TPSA) is 53.6 Å². The van der Waals surface area contributed by atoms with E-state index in [9.17, 15) is 4.79 Å². The zero-order chi connectivity index (χ0) is 21.2. The van der Waals surface area contributed by atoms with Gasteiger partial charge in [-0.2, -0.15) is 0 Å². The van der Waals surface area contributed by atoms with Crippen molar-refractivity contribution >= 4 is 33.2 Å². The molecule has 0 bridgehead atoms. The molecule has 0 unspecified atom stereocenters. The summed E-state index contributed by atoms with van der Waals surface area (Å²) in [7, 11) is 0. The molecule has 2 N–H and O–H groups in total. The first-order chi connectivity index (χ1) is 14.7. The summed E-state index contributed by atoms with van der Waals surface area (Å²) in [6, 6.07) is 16.4. The molecule has 1 aliphatic heterocycles. The average molecular weight is 474 g/mol. The summed E-state index contributed by atoms with van der Waals surface area (Å²) in [5, 5.41) is 6.82. The molecule has 0 aliphatic carbocycles. The summed E-state index contributed by atoms with van der Waals surface area (Å²) in [4.78, 5) is 15.5. The molecule has 2 aromatic carbocycles. The molecule has 5 nitrogen and oxygen atoms in total. The van der Waals surface area contributed by atoms with Crippen molar-refractivity contribution in [3.63, 3.8) is 0 Å². The third-order valence-corrected chi connectivity index (χ3v) is 5.98. The highest BCUT2D eigenvalue weighted by atomic mass is 79.9. The SMILES string of the molecule is CCOCCNc1ccccc1N(CCc1ccc(Br)cc1)C(=O)C1CCNCC1. The zero-order valence-corrected chi connectivity index (χ0v) is 19.3. The average Bonchev–Trinajstić information content (AvgIpc) is 2.79. The van der Waals surface area contributed by atoms with E-state index in [1.54, 1.807) is 0 Å². The third-order valence-electron chi connectivity index (χ3n) is 5.45. The largest absolute Gasteiger partial charge is 0.381 e. The molecule has 162 valence electrons. The number of nitrogens with one attached hydrogen (secondary N) is 2. The number of carbonyl (C=O) groups is 1. The van der Waals surface area contributed by atoms with E-state index in [0.717, 1.165) is 48.2 Å². The number of amides is 1. The molecule has 30 heavy (non-hydrogen) atoms. The number of nitrogens with zero attached hydrogens (tertiary/aromatic N) is 1. The number of hydrogen-bond acceptors (Lipinski definition) is 4. The van der Waals surface area contributed by atoms with Gasteiger partial charge in [0.25, 0.3) is 0 Å².